The molecule has 0 saturated heterocycles. The fourth-order valence-corrected chi connectivity index (χ4v) is 1.46. The fraction of sp³-hybridized carbons (Fsp3) is 0.308. The summed E-state index contributed by atoms with van der Waals surface area (Å²) in [5.41, 5.74) is -0.674. The highest BCUT2D eigenvalue weighted by Gasteiger charge is 2.21. The topological polar surface area (TPSA) is 130 Å². The largest absolute Gasteiger partial charge is 0.478 e. The van der Waals surface area contributed by atoms with Crippen molar-refractivity contribution in [2.45, 2.75) is 0 Å². The number of benzene rings is 1. The van der Waals surface area contributed by atoms with Gasteiger partial charge in [-0.1, -0.05) is 0 Å². The average Bonchev–Trinajstić information content (AvgIpc) is 2.49. The SMILES string of the molecule is O=C(O)c1ccc(C(=O)OCCO)c(C(=O)OCCO)c1. The monoisotopic (exact) mass is 298 g/mol. The molecular formula is C13H14O8. The number of esters is 2. The van der Waals surface area contributed by atoms with Gasteiger partial charge in [0.15, 0.2) is 0 Å². The third kappa shape index (κ3) is 4.55. The van der Waals surface area contributed by atoms with Crippen molar-refractivity contribution in [3.63, 3.8) is 0 Å². The molecule has 0 fully saturated rings. The average molecular weight is 298 g/mol. The molecule has 0 unspecified atom stereocenters. The Bertz CT molecular complexity index is 537. The maximum Gasteiger partial charge on any atom is 0.339 e. The number of hydrogen-bond donors (Lipinski definition) is 3. The molecule has 0 spiro atoms. The van der Waals surface area contributed by atoms with Crippen LogP contribution in [-0.2, 0) is 9.47 Å². The molecule has 0 aliphatic heterocycles. The van der Waals surface area contributed by atoms with E-state index >= 15 is 0 Å². The zero-order chi connectivity index (χ0) is 15.8. The fourth-order valence-electron chi connectivity index (χ4n) is 1.46. The lowest BCUT2D eigenvalue weighted by Crippen LogP contribution is -2.17. The molecule has 0 atom stereocenters. The predicted octanol–water partition coefficient (Wildman–Crippen LogP) is -0.317. The maximum atomic E-state index is 11.8. The van der Waals surface area contributed by atoms with Crippen molar-refractivity contribution in [3.8, 4) is 0 Å². The minimum Gasteiger partial charge on any atom is -0.478 e. The minimum atomic E-state index is -1.28. The van der Waals surface area contributed by atoms with Gasteiger partial charge in [-0.2, -0.15) is 0 Å². The van der Waals surface area contributed by atoms with Gasteiger partial charge >= 0.3 is 17.9 Å². The van der Waals surface area contributed by atoms with Crippen LogP contribution in [-0.4, -0.2) is 59.7 Å². The molecule has 8 nitrogen and oxygen atoms in total. The zero-order valence-electron chi connectivity index (χ0n) is 10.9. The molecule has 1 aromatic rings. The van der Waals surface area contributed by atoms with Gasteiger partial charge in [0.25, 0.3) is 0 Å². The second-order valence-corrected chi connectivity index (χ2v) is 3.78. The molecule has 0 amide bonds. The van der Waals surface area contributed by atoms with E-state index in [0.29, 0.717) is 0 Å². The van der Waals surface area contributed by atoms with E-state index in [4.69, 9.17) is 15.3 Å². The van der Waals surface area contributed by atoms with E-state index in [1.165, 1.54) is 0 Å². The highest BCUT2D eigenvalue weighted by molar-refractivity contribution is 6.05. The summed E-state index contributed by atoms with van der Waals surface area (Å²) in [6.07, 6.45) is 0. The first kappa shape index (κ1) is 16.6. The van der Waals surface area contributed by atoms with Gasteiger partial charge in [0.05, 0.1) is 29.9 Å². The summed E-state index contributed by atoms with van der Waals surface area (Å²) in [4.78, 5) is 34.4. The summed E-state index contributed by atoms with van der Waals surface area (Å²) in [6, 6.07) is 3.25. The van der Waals surface area contributed by atoms with Gasteiger partial charge < -0.3 is 24.8 Å². The summed E-state index contributed by atoms with van der Waals surface area (Å²) in [6.45, 7) is -1.34. The zero-order valence-corrected chi connectivity index (χ0v) is 10.9. The van der Waals surface area contributed by atoms with Crippen LogP contribution in [0.3, 0.4) is 0 Å². The highest BCUT2D eigenvalue weighted by Crippen LogP contribution is 2.15. The number of aliphatic hydroxyl groups excluding tert-OH is 2. The molecule has 0 aliphatic carbocycles. The van der Waals surface area contributed by atoms with Crippen LogP contribution >= 0.6 is 0 Å². The maximum absolute atomic E-state index is 11.8. The first-order valence-corrected chi connectivity index (χ1v) is 5.94. The molecule has 0 bridgehead atoms. The highest BCUT2D eigenvalue weighted by atomic mass is 16.5. The third-order valence-electron chi connectivity index (χ3n) is 2.36. The second-order valence-electron chi connectivity index (χ2n) is 3.78. The van der Waals surface area contributed by atoms with Gasteiger partial charge in [-0.05, 0) is 18.2 Å². The van der Waals surface area contributed by atoms with Gasteiger partial charge in [-0.25, -0.2) is 14.4 Å². The van der Waals surface area contributed by atoms with Crippen LogP contribution in [0.25, 0.3) is 0 Å². The quantitative estimate of drug-likeness (QED) is 0.584. The van der Waals surface area contributed by atoms with Crippen molar-refractivity contribution in [2.24, 2.45) is 0 Å². The molecule has 0 heterocycles. The number of aromatic carboxylic acids is 1. The molecule has 21 heavy (non-hydrogen) atoms. The number of carbonyl (C=O) groups excluding carboxylic acids is 2. The molecule has 1 rings (SSSR count). The van der Waals surface area contributed by atoms with Crippen LogP contribution in [0.15, 0.2) is 18.2 Å². The second kappa shape index (κ2) is 7.98. The Morgan fingerprint density at radius 3 is 1.90 bits per heavy atom. The third-order valence-corrected chi connectivity index (χ3v) is 2.36. The van der Waals surface area contributed by atoms with Gasteiger partial charge in [-0.3, -0.25) is 0 Å². The Morgan fingerprint density at radius 1 is 0.905 bits per heavy atom. The van der Waals surface area contributed by atoms with Crippen LogP contribution in [0.2, 0.25) is 0 Å². The number of rotatable bonds is 7. The van der Waals surface area contributed by atoms with Crippen LogP contribution in [0, 0.1) is 0 Å². The molecule has 114 valence electrons. The molecule has 0 aromatic heterocycles. The Balaban J connectivity index is 3.13. The molecule has 0 aliphatic rings. The van der Waals surface area contributed by atoms with Gasteiger partial charge in [0, 0.05) is 0 Å². The summed E-state index contributed by atoms with van der Waals surface area (Å²) >= 11 is 0. The Labute approximate surface area is 119 Å². The van der Waals surface area contributed by atoms with Crippen molar-refractivity contribution < 1.29 is 39.2 Å². The number of aliphatic hydroxyl groups is 2. The lowest BCUT2D eigenvalue weighted by Gasteiger charge is -2.09. The van der Waals surface area contributed by atoms with E-state index in [1.807, 2.05) is 0 Å². The van der Waals surface area contributed by atoms with Gasteiger partial charge in [0.1, 0.15) is 13.2 Å². The summed E-state index contributed by atoms with van der Waals surface area (Å²) < 4.78 is 9.35. The standard InChI is InChI=1S/C13H14O8/c14-3-5-20-12(18)9-2-1-8(11(16)17)7-10(9)13(19)21-6-4-15/h1-2,7,14-15H,3-6H2,(H,16,17). The van der Waals surface area contributed by atoms with Crippen molar-refractivity contribution >= 4 is 17.9 Å². The van der Waals surface area contributed by atoms with Crippen molar-refractivity contribution in [2.75, 3.05) is 26.4 Å². The van der Waals surface area contributed by atoms with Crippen molar-refractivity contribution in [3.05, 3.63) is 34.9 Å². The normalized spacial score (nSPS) is 10.0. The number of carboxylic acids is 1. The van der Waals surface area contributed by atoms with Crippen molar-refractivity contribution in [1.82, 2.24) is 0 Å². The van der Waals surface area contributed by atoms with E-state index in [1.54, 1.807) is 0 Å². The number of ether oxygens (including phenoxy) is 2. The lowest BCUT2D eigenvalue weighted by atomic mass is 10.0. The van der Waals surface area contributed by atoms with E-state index in [9.17, 15) is 14.4 Å². The van der Waals surface area contributed by atoms with Crippen LogP contribution in [0.4, 0.5) is 0 Å². The van der Waals surface area contributed by atoms with E-state index in [0.717, 1.165) is 18.2 Å². The minimum absolute atomic E-state index is 0.184. The first-order valence-electron chi connectivity index (χ1n) is 5.94. The summed E-state index contributed by atoms with van der Waals surface area (Å²) in [5.74, 6) is -3.12. The van der Waals surface area contributed by atoms with Crippen LogP contribution < -0.4 is 0 Å². The summed E-state index contributed by atoms with van der Waals surface area (Å²) in [5, 5.41) is 26.1. The smallest absolute Gasteiger partial charge is 0.339 e. The molecule has 8 heteroatoms. The number of carboxylic acid groups (broad SMARTS) is 1. The van der Waals surface area contributed by atoms with Crippen LogP contribution in [0.5, 0.6) is 0 Å². The molecule has 3 N–H and O–H groups in total. The van der Waals surface area contributed by atoms with Gasteiger partial charge in [0.2, 0.25) is 0 Å². The lowest BCUT2D eigenvalue weighted by molar-refractivity contribution is 0.0389. The molecular weight excluding hydrogens is 284 g/mol. The van der Waals surface area contributed by atoms with E-state index < -0.39 is 24.5 Å². The summed E-state index contributed by atoms with van der Waals surface area (Å²) in [7, 11) is 0. The van der Waals surface area contributed by atoms with E-state index in [2.05, 4.69) is 9.47 Å². The van der Waals surface area contributed by atoms with Crippen LogP contribution in [0.1, 0.15) is 31.1 Å². The predicted molar refractivity (Wildman–Crippen MR) is 68.1 cm³/mol. The van der Waals surface area contributed by atoms with E-state index in [-0.39, 0.29) is 36.5 Å². The Morgan fingerprint density at radius 2 is 1.43 bits per heavy atom. The number of carbonyl (C=O) groups is 3. The molecule has 0 radical (unpaired) electrons. The van der Waals surface area contributed by atoms with Crippen molar-refractivity contribution in [1.29, 1.82) is 0 Å². The Kier molecular flexibility index (Phi) is 6.31. The van der Waals surface area contributed by atoms with Gasteiger partial charge in [-0.15, -0.1) is 0 Å². The Hall–Kier alpha value is -2.45. The molecule has 1 aromatic carbocycles. The molecule has 0 saturated carbocycles. The number of hydrogen-bond acceptors (Lipinski definition) is 7. The first-order chi connectivity index (χ1) is 10.0.